The number of carbonyl (C=O) groups excluding carboxylic acids is 3. The molecule has 1 aromatic carbocycles. The second-order valence-electron chi connectivity index (χ2n) is 7.05. The van der Waals surface area contributed by atoms with E-state index in [1.807, 2.05) is 19.1 Å². The third kappa shape index (κ3) is 4.42. The number of benzene rings is 1. The summed E-state index contributed by atoms with van der Waals surface area (Å²) >= 11 is 1.42. The number of carbonyl (C=O) groups is 3. The molecule has 6 nitrogen and oxygen atoms in total. The highest BCUT2D eigenvalue weighted by Crippen LogP contribution is 2.39. The SMILES string of the molecule is CCOC(=O)NC(=O)c1c(NC(=O)c2ccc(C)cc2)sc2c1CC[C@@H](C)C2. The minimum Gasteiger partial charge on any atom is -0.450 e. The standard InChI is InChI=1S/C21H24N2O4S/c1-4-27-21(26)23-19(25)17-15-10-7-13(3)11-16(15)28-20(17)22-18(24)14-8-5-12(2)6-9-14/h5-6,8-9,13H,4,7,10-11H2,1-3H3,(H,22,24)(H,23,25,26)/t13-/m1/s1. The summed E-state index contributed by atoms with van der Waals surface area (Å²) in [5.41, 5.74) is 2.87. The second-order valence-corrected chi connectivity index (χ2v) is 8.16. The molecule has 3 amide bonds. The molecular formula is C21H24N2O4S. The van der Waals surface area contributed by atoms with Crippen molar-refractivity contribution in [3.05, 3.63) is 51.4 Å². The maximum absolute atomic E-state index is 12.8. The van der Waals surface area contributed by atoms with Crippen LogP contribution in [0, 0.1) is 12.8 Å². The third-order valence-corrected chi connectivity index (χ3v) is 5.94. The molecule has 1 heterocycles. The lowest BCUT2D eigenvalue weighted by Crippen LogP contribution is -2.32. The fourth-order valence-electron chi connectivity index (χ4n) is 3.28. The number of amides is 3. The maximum atomic E-state index is 12.8. The molecular weight excluding hydrogens is 376 g/mol. The van der Waals surface area contributed by atoms with E-state index in [0.717, 1.165) is 35.3 Å². The van der Waals surface area contributed by atoms with Crippen molar-refractivity contribution in [2.75, 3.05) is 11.9 Å². The number of anilines is 1. The molecule has 28 heavy (non-hydrogen) atoms. The van der Waals surface area contributed by atoms with Gasteiger partial charge in [-0.05, 0) is 56.7 Å². The zero-order chi connectivity index (χ0) is 20.3. The molecule has 1 atom stereocenters. The molecule has 148 valence electrons. The fourth-order valence-corrected chi connectivity index (χ4v) is 4.68. The number of ether oxygens (including phenoxy) is 1. The van der Waals surface area contributed by atoms with Gasteiger partial charge in [-0.2, -0.15) is 0 Å². The Bertz CT molecular complexity index is 902. The number of aryl methyl sites for hydroxylation is 1. The van der Waals surface area contributed by atoms with Gasteiger partial charge in [-0.15, -0.1) is 11.3 Å². The number of imide groups is 1. The molecule has 2 aromatic rings. The number of hydrogen-bond acceptors (Lipinski definition) is 5. The highest BCUT2D eigenvalue weighted by Gasteiger charge is 2.29. The molecule has 1 aromatic heterocycles. The highest BCUT2D eigenvalue weighted by atomic mass is 32.1. The molecule has 0 aliphatic heterocycles. The number of nitrogens with one attached hydrogen (secondary N) is 2. The van der Waals surface area contributed by atoms with Gasteiger partial charge < -0.3 is 10.1 Å². The van der Waals surface area contributed by atoms with Crippen molar-refractivity contribution in [2.24, 2.45) is 5.92 Å². The van der Waals surface area contributed by atoms with Crippen LogP contribution in [0.2, 0.25) is 0 Å². The quantitative estimate of drug-likeness (QED) is 0.800. The summed E-state index contributed by atoms with van der Waals surface area (Å²) in [5.74, 6) is -0.297. The summed E-state index contributed by atoms with van der Waals surface area (Å²) in [6.07, 6.45) is 1.79. The van der Waals surface area contributed by atoms with E-state index >= 15 is 0 Å². The van der Waals surface area contributed by atoms with Crippen LogP contribution >= 0.6 is 11.3 Å². The van der Waals surface area contributed by atoms with Crippen LogP contribution in [-0.4, -0.2) is 24.5 Å². The summed E-state index contributed by atoms with van der Waals surface area (Å²) in [7, 11) is 0. The lowest BCUT2D eigenvalue weighted by Gasteiger charge is -2.18. The van der Waals surface area contributed by atoms with Crippen LogP contribution in [0.25, 0.3) is 0 Å². The molecule has 0 fully saturated rings. The van der Waals surface area contributed by atoms with E-state index in [0.29, 0.717) is 22.0 Å². The van der Waals surface area contributed by atoms with Gasteiger partial charge in [0.25, 0.3) is 11.8 Å². The Labute approximate surface area is 168 Å². The Morgan fingerprint density at radius 2 is 1.89 bits per heavy atom. The molecule has 0 bridgehead atoms. The molecule has 0 radical (unpaired) electrons. The van der Waals surface area contributed by atoms with Gasteiger partial charge >= 0.3 is 6.09 Å². The average molecular weight is 401 g/mol. The zero-order valence-corrected chi connectivity index (χ0v) is 17.1. The number of alkyl carbamates (subject to hydrolysis) is 1. The number of hydrogen-bond donors (Lipinski definition) is 2. The molecule has 0 unspecified atom stereocenters. The number of thiophene rings is 1. The van der Waals surface area contributed by atoms with Gasteiger partial charge in [-0.3, -0.25) is 14.9 Å². The van der Waals surface area contributed by atoms with Crippen LogP contribution < -0.4 is 10.6 Å². The van der Waals surface area contributed by atoms with E-state index in [1.165, 1.54) is 11.3 Å². The largest absolute Gasteiger partial charge is 0.450 e. The lowest BCUT2D eigenvalue weighted by molar-refractivity contribution is 0.0925. The first-order chi connectivity index (χ1) is 13.4. The molecule has 7 heteroatoms. The normalized spacial score (nSPS) is 15.5. The Kier molecular flexibility index (Phi) is 6.14. The van der Waals surface area contributed by atoms with Crippen LogP contribution in [0.5, 0.6) is 0 Å². The summed E-state index contributed by atoms with van der Waals surface area (Å²) in [4.78, 5) is 38.3. The number of rotatable bonds is 4. The maximum Gasteiger partial charge on any atom is 0.414 e. The highest BCUT2D eigenvalue weighted by molar-refractivity contribution is 7.17. The van der Waals surface area contributed by atoms with Gasteiger partial charge in [0, 0.05) is 10.4 Å². The predicted molar refractivity (Wildman–Crippen MR) is 109 cm³/mol. The zero-order valence-electron chi connectivity index (χ0n) is 16.3. The van der Waals surface area contributed by atoms with Crippen molar-refractivity contribution in [2.45, 2.75) is 40.0 Å². The molecule has 0 saturated heterocycles. The van der Waals surface area contributed by atoms with Gasteiger partial charge in [0.1, 0.15) is 5.00 Å². The number of fused-ring (bicyclic) bond motifs is 1. The summed E-state index contributed by atoms with van der Waals surface area (Å²) in [6, 6.07) is 7.23. The summed E-state index contributed by atoms with van der Waals surface area (Å²) in [6.45, 7) is 5.97. The van der Waals surface area contributed by atoms with Crippen LogP contribution in [-0.2, 0) is 17.6 Å². The third-order valence-electron chi connectivity index (χ3n) is 4.77. The molecule has 1 aliphatic carbocycles. The smallest absolute Gasteiger partial charge is 0.414 e. The monoisotopic (exact) mass is 400 g/mol. The van der Waals surface area contributed by atoms with E-state index < -0.39 is 12.0 Å². The van der Waals surface area contributed by atoms with E-state index in [9.17, 15) is 14.4 Å². The predicted octanol–water partition coefficient (Wildman–Crippen LogP) is 4.32. The van der Waals surface area contributed by atoms with E-state index in [2.05, 4.69) is 17.6 Å². The molecule has 0 saturated carbocycles. The van der Waals surface area contributed by atoms with Crippen molar-refractivity contribution < 1.29 is 19.1 Å². The molecule has 2 N–H and O–H groups in total. The lowest BCUT2D eigenvalue weighted by atomic mass is 9.88. The second kappa shape index (κ2) is 8.56. The first-order valence-electron chi connectivity index (χ1n) is 9.39. The Morgan fingerprint density at radius 3 is 2.57 bits per heavy atom. The van der Waals surface area contributed by atoms with Crippen molar-refractivity contribution >= 4 is 34.2 Å². The Morgan fingerprint density at radius 1 is 1.18 bits per heavy atom. The fraction of sp³-hybridized carbons (Fsp3) is 0.381. The first-order valence-corrected chi connectivity index (χ1v) is 10.2. The Hall–Kier alpha value is -2.67. The Balaban J connectivity index is 1.91. The van der Waals surface area contributed by atoms with Crippen molar-refractivity contribution in [1.82, 2.24) is 5.32 Å². The minimum atomic E-state index is -0.785. The van der Waals surface area contributed by atoms with Crippen LogP contribution in [0.15, 0.2) is 24.3 Å². The van der Waals surface area contributed by atoms with Crippen molar-refractivity contribution in [3.8, 4) is 0 Å². The van der Waals surface area contributed by atoms with Crippen LogP contribution in [0.3, 0.4) is 0 Å². The van der Waals surface area contributed by atoms with Crippen molar-refractivity contribution in [3.63, 3.8) is 0 Å². The van der Waals surface area contributed by atoms with Gasteiger partial charge in [0.2, 0.25) is 0 Å². The van der Waals surface area contributed by atoms with Gasteiger partial charge in [0.15, 0.2) is 0 Å². The molecule has 0 spiro atoms. The van der Waals surface area contributed by atoms with Gasteiger partial charge in [0.05, 0.1) is 12.2 Å². The summed E-state index contributed by atoms with van der Waals surface area (Å²) in [5, 5.41) is 5.61. The van der Waals surface area contributed by atoms with E-state index in [4.69, 9.17) is 4.74 Å². The van der Waals surface area contributed by atoms with Gasteiger partial charge in [-0.25, -0.2) is 4.79 Å². The molecule has 3 rings (SSSR count). The van der Waals surface area contributed by atoms with Crippen LogP contribution in [0.4, 0.5) is 9.80 Å². The van der Waals surface area contributed by atoms with Gasteiger partial charge in [-0.1, -0.05) is 24.6 Å². The summed E-state index contributed by atoms with van der Waals surface area (Å²) < 4.78 is 4.82. The molecule has 1 aliphatic rings. The van der Waals surface area contributed by atoms with Crippen molar-refractivity contribution in [1.29, 1.82) is 0 Å². The minimum absolute atomic E-state index is 0.176. The topological polar surface area (TPSA) is 84.5 Å². The van der Waals surface area contributed by atoms with E-state index in [-0.39, 0.29) is 12.5 Å². The first kappa shape index (κ1) is 20.1. The van der Waals surface area contributed by atoms with Crippen LogP contribution in [0.1, 0.15) is 57.0 Å². The average Bonchev–Trinajstić information content (AvgIpc) is 2.99. The van der Waals surface area contributed by atoms with E-state index in [1.54, 1.807) is 19.1 Å².